The molecule has 1 heterocycles. The first-order chi connectivity index (χ1) is 18.1. The summed E-state index contributed by atoms with van der Waals surface area (Å²) in [5.74, 6) is -1.06. The molecule has 0 fully saturated rings. The number of benzene rings is 3. The van der Waals surface area contributed by atoms with E-state index in [1.165, 1.54) is 28.6 Å². The number of fused-ring (bicyclic) bond motifs is 1. The Bertz CT molecular complexity index is 1560. The van der Waals surface area contributed by atoms with E-state index in [-0.39, 0.29) is 21.0 Å². The normalized spacial score (nSPS) is 15.7. The van der Waals surface area contributed by atoms with Gasteiger partial charge in [0.15, 0.2) is 0 Å². The third-order valence-corrected chi connectivity index (χ3v) is 8.70. The van der Waals surface area contributed by atoms with Gasteiger partial charge in [-0.1, -0.05) is 75.7 Å². The number of halogens is 4. The Hall–Kier alpha value is -3.30. The zero-order chi connectivity index (χ0) is 28.8. The van der Waals surface area contributed by atoms with Gasteiger partial charge < -0.3 is 5.32 Å². The number of sulfonamides is 1. The number of nitrogens with zero attached hydrogens (tertiary/aromatic N) is 1. The Kier molecular flexibility index (Phi) is 7.62. The molecule has 1 unspecified atom stereocenters. The molecular formula is C29H28ClF3N2O3S. The highest BCUT2D eigenvalue weighted by Gasteiger charge is 2.37. The minimum atomic E-state index is -4.79. The predicted octanol–water partition coefficient (Wildman–Crippen LogP) is 7.91. The Morgan fingerprint density at radius 1 is 1.03 bits per heavy atom. The fraction of sp³-hybridized carbons (Fsp3) is 0.276. The molecule has 1 aliphatic rings. The molecule has 206 valence electrons. The van der Waals surface area contributed by atoms with Crippen LogP contribution in [-0.4, -0.2) is 20.4 Å². The predicted molar refractivity (Wildman–Crippen MR) is 149 cm³/mol. The van der Waals surface area contributed by atoms with E-state index in [0.717, 1.165) is 17.7 Å². The number of rotatable bonds is 5. The van der Waals surface area contributed by atoms with Gasteiger partial charge in [0.2, 0.25) is 0 Å². The van der Waals surface area contributed by atoms with Crippen molar-refractivity contribution in [1.29, 1.82) is 0 Å². The van der Waals surface area contributed by atoms with Crippen LogP contribution in [0.4, 0.5) is 24.5 Å². The summed E-state index contributed by atoms with van der Waals surface area (Å²) in [5, 5.41) is 2.12. The molecule has 0 bridgehead atoms. The summed E-state index contributed by atoms with van der Waals surface area (Å²) in [6.07, 6.45) is -0.730. The van der Waals surface area contributed by atoms with Gasteiger partial charge in [0.1, 0.15) is 0 Å². The summed E-state index contributed by atoms with van der Waals surface area (Å²) in [7, 11) is -4.05. The van der Waals surface area contributed by atoms with Gasteiger partial charge in [0, 0.05) is 5.69 Å². The molecule has 3 aromatic rings. The minimum absolute atomic E-state index is 0.120. The lowest BCUT2D eigenvalue weighted by Gasteiger charge is -2.35. The number of alkyl halides is 3. The summed E-state index contributed by atoms with van der Waals surface area (Å²) in [4.78, 5) is 13.1. The largest absolute Gasteiger partial charge is 0.417 e. The highest BCUT2D eigenvalue weighted by atomic mass is 35.5. The fourth-order valence-corrected chi connectivity index (χ4v) is 6.46. The van der Waals surface area contributed by atoms with E-state index in [9.17, 15) is 26.4 Å². The molecule has 1 amide bonds. The van der Waals surface area contributed by atoms with E-state index in [1.807, 2.05) is 33.8 Å². The first kappa shape index (κ1) is 28.7. The maximum absolute atomic E-state index is 14.0. The monoisotopic (exact) mass is 576 g/mol. The molecule has 10 heteroatoms. The van der Waals surface area contributed by atoms with Crippen molar-refractivity contribution in [2.24, 2.45) is 0 Å². The third kappa shape index (κ3) is 5.70. The molecule has 3 aromatic carbocycles. The van der Waals surface area contributed by atoms with Crippen molar-refractivity contribution in [2.45, 2.75) is 56.6 Å². The molecule has 0 aromatic heterocycles. The summed E-state index contributed by atoms with van der Waals surface area (Å²) in [6.45, 7) is 7.83. The van der Waals surface area contributed by atoms with Gasteiger partial charge in [0.05, 0.1) is 32.8 Å². The summed E-state index contributed by atoms with van der Waals surface area (Å²) in [6, 6.07) is 13.9. The van der Waals surface area contributed by atoms with Crippen molar-refractivity contribution in [2.75, 3.05) is 9.62 Å². The van der Waals surface area contributed by atoms with Crippen molar-refractivity contribution in [3.05, 3.63) is 94.0 Å². The minimum Gasteiger partial charge on any atom is -0.322 e. The first-order valence-electron chi connectivity index (χ1n) is 12.3. The Morgan fingerprint density at radius 2 is 1.72 bits per heavy atom. The van der Waals surface area contributed by atoms with Crippen molar-refractivity contribution < 1.29 is 26.4 Å². The molecule has 0 saturated heterocycles. The van der Waals surface area contributed by atoms with Crippen molar-refractivity contribution in [1.82, 2.24) is 0 Å². The second-order valence-electron chi connectivity index (χ2n) is 10.3. The van der Waals surface area contributed by atoms with Gasteiger partial charge in [-0.05, 0) is 59.4 Å². The second-order valence-corrected chi connectivity index (χ2v) is 12.5. The van der Waals surface area contributed by atoms with E-state index in [2.05, 4.69) is 5.32 Å². The average molecular weight is 577 g/mol. The maximum atomic E-state index is 14.0. The van der Waals surface area contributed by atoms with Gasteiger partial charge in [0.25, 0.3) is 15.9 Å². The summed E-state index contributed by atoms with van der Waals surface area (Å²) in [5.41, 5.74) is -0.283. The molecule has 1 atom stereocenters. The van der Waals surface area contributed by atoms with Gasteiger partial charge in [-0.2, -0.15) is 13.2 Å². The van der Waals surface area contributed by atoms with Crippen LogP contribution in [0, 0.1) is 0 Å². The second kappa shape index (κ2) is 10.4. The van der Waals surface area contributed by atoms with E-state index < -0.39 is 39.3 Å². The molecule has 0 saturated carbocycles. The summed E-state index contributed by atoms with van der Waals surface area (Å²) < 4.78 is 70.0. The Labute approximate surface area is 231 Å². The lowest BCUT2D eigenvalue weighted by atomic mass is 9.87. The maximum Gasteiger partial charge on any atom is 0.417 e. The van der Waals surface area contributed by atoms with Crippen LogP contribution in [0.2, 0.25) is 5.02 Å². The Balaban J connectivity index is 1.77. The van der Waals surface area contributed by atoms with E-state index in [4.69, 9.17) is 11.6 Å². The number of amides is 1. The van der Waals surface area contributed by atoms with Crippen molar-refractivity contribution in [3.63, 3.8) is 0 Å². The highest BCUT2D eigenvalue weighted by Crippen LogP contribution is 2.39. The van der Waals surface area contributed by atoms with Crippen LogP contribution in [0.1, 0.15) is 61.2 Å². The molecule has 4 rings (SSSR count). The van der Waals surface area contributed by atoms with Crippen LogP contribution >= 0.6 is 11.6 Å². The third-order valence-electron chi connectivity index (χ3n) is 6.55. The molecule has 1 N–H and O–H groups in total. The fourth-order valence-electron chi connectivity index (χ4n) is 4.46. The van der Waals surface area contributed by atoms with Gasteiger partial charge in [-0.3, -0.25) is 9.10 Å². The number of anilines is 2. The molecule has 0 radical (unpaired) electrons. The summed E-state index contributed by atoms with van der Waals surface area (Å²) >= 11 is 5.99. The van der Waals surface area contributed by atoms with Crippen molar-refractivity contribution in [3.8, 4) is 0 Å². The zero-order valence-corrected chi connectivity index (χ0v) is 23.4. The van der Waals surface area contributed by atoms with Gasteiger partial charge >= 0.3 is 6.18 Å². The molecule has 0 aliphatic carbocycles. The van der Waals surface area contributed by atoms with Crippen molar-refractivity contribution >= 4 is 45.0 Å². The zero-order valence-electron chi connectivity index (χ0n) is 21.8. The number of carbonyl (C=O) groups is 1. The van der Waals surface area contributed by atoms with Crippen LogP contribution in [0.5, 0.6) is 0 Å². The van der Waals surface area contributed by atoms with Crippen LogP contribution in [-0.2, 0) is 21.6 Å². The SMILES string of the molecule is CCC1C=Cc2ccc(NC(=O)c3c(Cl)cccc3C(F)(F)F)cc2N1S(=O)(=O)c1cccc(C(C)(C)C)c1. The lowest BCUT2D eigenvalue weighted by Crippen LogP contribution is -2.41. The topological polar surface area (TPSA) is 66.5 Å². The highest BCUT2D eigenvalue weighted by molar-refractivity contribution is 7.92. The smallest absolute Gasteiger partial charge is 0.322 e. The van der Waals surface area contributed by atoms with E-state index in [0.29, 0.717) is 17.7 Å². The lowest BCUT2D eigenvalue weighted by molar-refractivity contribution is -0.137. The first-order valence-corrected chi connectivity index (χ1v) is 14.1. The molecule has 0 spiro atoms. The number of nitrogens with one attached hydrogen (secondary N) is 1. The van der Waals surface area contributed by atoms with E-state index >= 15 is 0 Å². The van der Waals surface area contributed by atoms with Gasteiger partial charge in [-0.15, -0.1) is 0 Å². The molecule has 39 heavy (non-hydrogen) atoms. The number of carbonyl (C=O) groups excluding carboxylic acids is 1. The van der Waals surface area contributed by atoms with Crippen LogP contribution in [0.25, 0.3) is 6.08 Å². The van der Waals surface area contributed by atoms with Crippen LogP contribution < -0.4 is 9.62 Å². The molecule has 5 nitrogen and oxygen atoms in total. The molecular weight excluding hydrogens is 549 g/mol. The van der Waals surface area contributed by atoms with Gasteiger partial charge in [-0.25, -0.2) is 8.42 Å². The number of hydrogen-bond donors (Lipinski definition) is 1. The Morgan fingerprint density at radius 3 is 2.36 bits per heavy atom. The molecule has 1 aliphatic heterocycles. The average Bonchev–Trinajstić information content (AvgIpc) is 2.86. The number of hydrogen-bond acceptors (Lipinski definition) is 3. The quantitative estimate of drug-likeness (QED) is 0.336. The van der Waals surface area contributed by atoms with E-state index in [1.54, 1.807) is 30.4 Å². The standard InChI is InChI=1S/C29H28ClF3N2O3S/c1-5-21-15-13-18-12-14-20(34-27(36)26-23(29(31,32)33)10-7-11-24(26)30)17-25(18)35(21)39(37,38)22-9-6-8-19(16-22)28(2,3)4/h6-17,21H,5H2,1-4H3,(H,34,36). The van der Waals surface area contributed by atoms with Crippen LogP contribution in [0.15, 0.2) is 71.6 Å². The van der Waals surface area contributed by atoms with Crippen LogP contribution in [0.3, 0.4) is 0 Å².